The third-order valence-corrected chi connectivity index (χ3v) is 6.80. The molecule has 0 bridgehead atoms. The van der Waals surface area contributed by atoms with Gasteiger partial charge in [0.1, 0.15) is 17.7 Å². The van der Waals surface area contributed by atoms with Gasteiger partial charge in [-0.05, 0) is 56.7 Å². The van der Waals surface area contributed by atoms with Crippen molar-refractivity contribution in [1.29, 1.82) is 0 Å². The van der Waals surface area contributed by atoms with Crippen LogP contribution in [0.2, 0.25) is 0 Å². The van der Waals surface area contributed by atoms with Crippen LogP contribution in [0.5, 0.6) is 0 Å². The summed E-state index contributed by atoms with van der Waals surface area (Å²) < 4.78 is 5.29. The molecule has 1 aromatic carbocycles. The zero-order chi connectivity index (χ0) is 26.6. The second-order valence-corrected chi connectivity index (χ2v) is 9.61. The normalized spacial score (nSPS) is 13.5. The van der Waals surface area contributed by atoms with Crippen LogP contribution >= 0.6 is 0 Å². The van der Waals surface area contributed by atoms with Crippen molar-refractivity contribution in [1.82, 2.24) is 19.9 Å². The van der Waals surface area contributed by atoms with Crippen LogP contribution in [0, 0.1) is 0 Å². The Labute approximate surface area is 224 Å². The van der Waals surface area contributed by atoms with Crippen molar-refractivity contribution in [3.05, 3.63) is 66.1 Å². The fourth-order valence-electron chi connectivity index (χ4n) is 4.61. The van der Waals surface area contributed by atoms with Crippen LogP contribution in [0.3, 0.4) is 0 Å². The number of anilines is 2. The first-order valence-corrected chi connectivity index (χ1v) is 13.4. The molecular formula is C29H38N6O3. The molecule has 1 aliphatic heterocycles. The molecule has 0 fully saturated rings. The molecule has 3 N–H and O–H groups in total. The number of hydrogen-bond acceptors (Lipinski definition) is 8. The number of aromatic nitrogens is 3. The van der Waals surface area contributed by atoms with Gasteiger partial charge in [0.25, 0.3) is 0 Å². The first-order valence-electron chi connectivity index (χ1n) is 13.4. The van der Waals surface area contributed by atoms with Gasteiger partial charge in [0.05, 0.1) is 24.7 Å². The van der Waals surface area contributed by atoms with Crippen LogP contribution in [0.25, 0.3) is 11.3 Å². The van der Waals surface area contributed by atoms with E-state index in [1.165, 1.54) is 5.56 Å². The van der Waals surface area contributed by atoms with Gasteiger partial charge in [0, 0.05) is 38.0 Å². The second kappa shape index (κ2) is 14.4. The van der Waals surface area contributed by atoms with Crippen molar-refractivity contribution in [3.8, 4) is 11.3 Å². The Morgan fingerprint density at radius 2 is 1.97 bits per heavy atom. The van der Waals surface area contributed by atoms with Crippen molar-refractivity contribution >= 4 is 17.6 Å². The highest BCUT2D eigenvalue weighted by Gasteiger charge is 2.19. The number of nitrogens with one attached hydrogen (secondary N) is 2. The van der Waals surface area contributed by atoms with Crippen LogP contribution in [-0.4, -0.2) is 76.9 Å². The molecule has 0 radical (unpaired) electrons. The molecule has 3 aromatic rings. The molecule has 1 aliphatic rings. The molecule has 2 aromatic heterocycles. The zero-order valence-corrected chi connectivity index (χ0v) is 22.1. The number of methoxy groups -OCH3 is 1. The number of fused-ring (bicyclic) bond motifs is 1. The van der Waals surface area contributed by atoms with Gasteiger partial charge in [0.15, 0.2) is 0 Å². The molecule has 38 heavy (non-hydrogen) atoms. The summed E-state index contributed by atoms with van der Waals surface area (Å²) in [4.78, 5) is 27.9. The number of carboxylic acid groups (broad SMARTS) is 1. The molecule has 4 rings (SSSR count). The van der Waals surface area contributed by atoms with Gasteiger partial charge in [-0.1, -0.05) is 36.4 Å². The van der Waals surface area contributed by atoms with Crippen LogP contribution in [0.15, 0.2) is 54.9 Å². The molecule has 0 saturated carbocycles. The summed E-state index contributed by atoms with van der Waals surface area (Å²) in [5, 5.41) is 16.3. The Morgan fingerprint density at radius 1 is 1.11 bits per heavy atom. The summed E-state index contributed by atoms with van der Waals surface area (Å²) in [6.45, 7) is 3.88. The number of pyridine rings is 1. The maximum Gasteiger partial charge on any atom is 0.326 e. The van der Waals surface area contributed by atoms with Gasteiger partial charge >= 0.3 is 5.97 Å². The molecule has 0 spiro atoms. The second-order valence-electron chi connectivity index (χ2n) is 9.61. The number of carbonyl (C=O) groups is 1. The Balaban J connectivity index is 1.25. The number of rotatable bonds is 15. The number of nitrogens with zero attached hydrogens (tertiary/aromatic N) is 4. The third kappa shape index (κ3) is 8.22. The highest BCUT2D eigenvalue weighted by atomic mass is 16.5. The van der Waals surface area contributed by atoms with E-state index in [-0.39, 0.29) is 0 Å². The van der Waals surface area contributed by atoms with E-state index in [0.717, 1.165) is 74.5 Å². The van der Waals surface area contributed by atoms with Gasteiger partial charge in [-0.25, -0.2) is 14.8 Å². The van der Waals surface area contributed by atoms with E-state index < -0.39 is 12.0 Å². The predicted octanol–water partition coefficient (Wildman–Crippen LogP) is 4.12. The SMILES string of the molecule is COCCN(CCCCc1ccc2c(n1)NCCC2)CCC(Nc1cnc(-c2ccccc2)cn1)C(=O)O. The molecule has 202 valence electrons. The molecule has 9 nitrogen and oxygen atoms in total. The number of unbranched alkanes of at least 4 members (excludes halogenated alkanes) is 1. The maximum atomic E-state index is 12.0. The monoisotopic (exact) mass is 518 g/mol. The summed E-state index contributed by atoms with van der Waals surface area (Å²) in [5.74, 6) is 0.590. The van der Waals surface area contributed by atoms with Crippen LogP contribution in [0.4, 0.5) is 11.6 Å². The molecule has 0 saturated heterocycles. The lowest BCUT2D eigenvalue weighted by atomic mass is 10.1. The minimum absolute atomic E-state index is 0.444. The minimum Gasteiger partial charge on any atom is -0.480 e. The number of carboxylic acids is 1. The van der Waals surface area contributed by atoms with Gasteiger partial charge in [-0.3, -0.25) is 4.98 Å². The summed E-state index contributed by atoms with van der Waals surface area (Å²) in [7, 11) is 1.69. The van der Waals surface area contributed by atoms with Crippen molar-refractivity contribution in [2.45, 2.75) is 44.6 Å². The average molecular weight is 519 g/mol. The smallest absolute Gasteiger partial charge is 0.326 e. The summed E-state index contributed by atoms with van der Waals surface area (Å²) in [6.07, 6.45) is 8.93. The number of benzene rings is 1. The Kier molecular flexibility index (Phi) is 10.4. The highest BCUT2D eigenvalue weighted by molar-refractivity contribution is 5.76. The lowest BCUT2D eigenvalue weighted by Gasteiger charge is -2.24. The zero-order valence-electron chi connectivity index (χ0n) is 22.1. The van der Waals surface area contributed by atoms with E-state index in [2.05, 4.69) is 37.6 Å². The largest absolute Gasteiger partial charge is 0.480 e. The van der Waals surface area contributed by atoms with Crippen LogP contribution < -0.4 is 10.6 Å². The van der Waals surface area contributed by atoms with E-state index in [0.29, 0.717) is 25.4 Å². The predicted molar refractivity (Wildman–Crippen MR) is 149 cm³/mol. The van der Waals surface area contributed by atoms with E-state index in [4.69, 9.17) is 9.72 Å². The lowest BCUT2D eigenvalue weighted by Crippen LogP contribution is -2.37. The first kappa shape index (κ1) is 27.5. The maximum absolute atomic E-state index is 12.0. The van der Waals surface area contributed by atoms with Gasteiger partial charge in [0.2, 0.25) is 0 Å². The van der Waals surface area contributed by atoms with E-state index in [9.17, 15) is 9.90 Å². The van der Waals surface area contributed by atoms with Crippen molar-refractivity contribution in [2.75, 3.05) is 50.5 Å². The van der Waals surface area contributed by atoms with Gasteiger partial charge in [-0.15, -0.1) is 0 Å². The van der Waals surface area contributed by atoms with E-state index in [1.807, 2.05) is 30.3 Å². The molecule has 1 unspecified atom stereocenters. The van der Waals surface area contributed by atoms with E-state index in [1.54, 1.807) is 19.5 Å². The van der Waals surface area contributed by atoms with Gasteiger partial charge < -0.3 is 25.4 Å². The number of aryl methyl sites for hydroxylation is 2. The van der Waals surface area contributed by atoms with Crippen LogP contribution in [0.1, 0.15) is 36.9 Å². The number of hydrogen-bond donors (Lipinski definition) is 3. The summed E-state index contributed by atoms with van der Waals surface area (Å²) in [6, 6.07) is 13.4. The summed E-state index contributed by atoms with van der Waals surface area (Å²) >= 11 is 0. The Hall–Kier alpha value is -3.56. The fourth-order valence-corrected chi connectivity index (χ4v) is 4.61. The topological polar surface area (TPSA) is 113 Å². The van der Waals surface area contributed by atoms with E-state index >= 15 is 0 Å². The van der Waals surface area contributed by atoms with Crippen LogP contribution in [-0.2, 0) is 22.4 Å². The standard InChI is InChI=1S/C29H38N6O3/c1-38-19-18-35(16-6-5-11-24-13-12-23-10-7-15-30-28(23)33-24)17-14-25(29(36)37)34-27-21-31-26(20-32-27)22-8-3-2-4-9-22/h2-4,8-9,12-13,20-21,25H,5-7,10-11,14-19H2,1H3,(H,30,33)(H,32,34)(H,36,37). The molecule has 3 heterocycles. The average Bonchev–Trinajstić information content (AvgIpc) is 2.96. The molecule has 0 amide bonds. The molecular weight excluding hydrogens is 480 g/mol. The van der Waals surface area contributed by atoms with Crippen molar-refractivity contribution in [2.24, 2.45) is 0 Å². The summed E-state index contributed by atoms with van der Waals surface area (Å²) in [5.41, 5.74) is 4.14. The first-order chi connectivity index (χ1) is 18.6. The van der Waals surface area contributed by atoms with Crippen molar-refractivity contribution < 1.29 is 14.6 Å². The van der Waals surface area contributed by atoms with Crippen molar-refractivity contribution in [3.63, 3.8) is 0 Å². The molecule has 1 atom stereocenters. The van der Waals surface area contributed by atoms with Gasteiger partial charge in [-0.2, -0.15) is 0 Å². The fraction of sp³-hybridized carbons (Fsp3) is 0.448. The lowest BCUT2D eigenvalue weighted by molar-refractivity contribution is -0.138. The quantitative estimate of drug-likeness (QED) is 0.256. The molecule has 9 heteroatoms. The molecule has 0 aliphatic carbocycles. The number of ether oxygens (including phenoxy) is 1. The Morgan fingerprint density at radius 3 is 2.74 bits per heavy atom. The number of aliphatic carboxylic acids is 1. The third-order valence-electron chi connectivity index (χ3n) is 6.80. The Bertz CT molecular complexity index is 1140. The highest BCUT2D eigenvalue weighted by Crippen LogP contribution is 2.20. The minimum atomic E-state index is -0.905.